The Labute approximate surface area is 185 Å². The van der Waals surface area contributed by atoms with E-state index >= 15 is 0 Å². The van der Waals surface area contributed by atoms with Crippen LogP contribution in [0.4, 0.5) is 0 Å². The van der Waals surface area contributed by atoms with Gasteiger partial charge in [0.1, 0.15) is 6.61 Å². The number of allylic oxidation sites excluding steroid dienone is 1. The number of carbonyl (C=O) groups excluding carboxylic acids is 1. The molecule has 1 rings (SSSR count). The number of carbonyl (C=O) groups is 1. The topological polar surface area (TPSA) is 44.8 Å². The molecule has 0 saturated carbocycles. The van der Waals surface area contributed by atoms with E-state index in [2.05, 4.69) is 52.1 Å². The van der Waals surface area contributed by atoms with Gasteiger partial charge in [0, 0.05) is 6.92 Å². The minimum Gasteiger partial charge on any atom is -0.462 e. The van der Waals surface area contributed by atoms with Crippen LogP contribution in [-0.2, 0) is 25.3 Å². The molecule has 0 aromatic heterocycles. The van der Waals surface area contributed by atoms with Crippen LogP contribution in [0.3, 0.4) is 0 Å². The number of unbranched alkanes of at least 4 members (excludes halogenated alkanes) is 3. The number of benzene rings is 1. The van der Waals surface area contributed by atoms with Crippen molar-refractivity contribution >= 4 is 14.3 Å². The maximum atomic E-state index is 10.7. The van der Waals surface area contributed by atoms with E-state index in [9.17, 15) is 4.79 Å². The first-order chi connectivity index (χ1) is 14.1. The molecule has 0 radical (unpaired) electrons. The van der Waals surface area contributed by atoms with Crippen LogP contribution in [0.2, 0.25) is 18.1 Å². The first-order valence-corrected chi connectivity index (χ1v) is 14.1. The summed E-state index contributed by atoms with van der Waals surface area (Å²) >= 11 is 0. The lowest BCUT2D eigenvalue weighted by molar-refractivity contribution is -0.139. The minimum absolute atomic E-state index is 0.147. The van der Waals surface area contributed by atoms with Gasteiger partial charge in [-0.3, -0.25) is 4.79 Å². The van der Waals surface area contributed by atoms with E-state index in [0.29, 0.717) is 19.8 Å². The normalized spacial score (nSPS) is 13.5. The standard InChI is InChI=1S/C25H42O4Si/c1-22(26)28-19-15-10-8-7-9-14-18-24(29-30(5,6)25(2,3)4)21-27-20-23-16-12-11-13-17-23/h10-13,15-17,24H,7-9,14,18-21H2,1-6H3/b15-10+/t24-/m0/s1. The Kier molecular flexibility index (Phi) is 12.2. The van der Waals surface area contributed by atoms with Gasteiger partial charge in [0.05, 0.1) is 19.3 Å². The van der Waals surface area contributed by atoms with Crippen molar-refractivity contribution in [3.05, 3.63) is 48.0 Å². The van der Waals surface area contributed by atoms with Crippen LogP contribution in [0.5, 0.6) is 0 Å². The van der Waals surface area contributed by atoms with Crippen molar-refractivity contribution in [3.8, 4) is 0 Å². The molecule has 1 atom stereocenters. The molecule has 0 aliphatic rings. The lowest BCUT2D eigenvalue weighted by Crippen LogP contribution is -2.45. The van der Waals surface area contributed by atoms with Crippen LogP contribution < -0.4 is 0 Å². The van der Waals surface area contributed by atoms with Crippen molar-refractivity contribution in [1.29, 1.82) is 0 Å². The van der Waals surface area contributed by atoms with Crippen LogP contribution in [0.25, 0.3) is 0 Å². The molecule has 0 unspecified atom stereocenters. The largest absolute Gasteiger partial charge is 0.462 e. The van der Waals surface area contributed by atoms with Crippen molar-refractivity contribution in [2.24, 2.45) is 0 Å². The maximum absolute atomic E-state index is 10.7. The summed E-state index contributed by atoms with van der Waals surface area (Å²) < 4.78 is 17.6. The van der Waals surface area contributed by atoms with Crippen LogP contribution >= 0.6 is 0 Å². The van der Waals surface area contributed by atoms with Gasteiger partial charge in [0.2, 0.25) is 0 Å². The lowest BCUT2D eigenvalue weighted by Gasteiger charge is -2.39. The SMILES string of the molecule is CC(=O)OC/C=C/CCCCC[C@@H](COCc1ccccc1)O[Si](C)(C)C(C)(C)C. The molecular formula is C25H42O4Si. The van der Waals surface area contributed by atoms with Crippen molar-refractivity contribution in [2.75, 3.05) is 13.2 Å². The second kappa shape index (κ2) is 13.8. The summed E-state index contributed by atoms with van der Waals surface area (Å²) in [6, 6.07) is 10.3. The number of hydrogen-bond acceptors (Lipinski definition) is 4. The second-order valence-electron chi connectivity index (χ2n) is 9.41. The van der Waals surface area contributed by atoms with Crippen LogP contribution in [-0.4, -0.2) is 33.6 Å². The monoisotopic (exact) mass is 434 g/mol. The van der Waals surface area contributed by atoms with Crippen molar-refractivity contribution in [1.82, 2.24) is 0 Å². The molecule has 1 aromatic carbocycles. The molecule has 0 aliphatic carbocycles. The van der Waals surface area contributed by atoms with Gasteiger partial charge in [-0.2, -0.15) is 0 Å². The summed E-state index contributed by atoms with van der Waals surface area (Å²) in [5.74, 6) is -0.234. The third-order valence-corrected chi connectivity index (χ3v) is 10.2. The molecule has 170 valence electrons. The van der Waals surface area contributed by atoms with E-state index in [1.54, 1.807) is 0 Å². The second-order valence-corrected chi connectivity index (χ2v) is 14.2. The fourth-order valence-corrected chi connectivity index (χ4v) is 4.19. The first kappa shape index (κ1) is 26.6. The summed E-state index contributed by atoms with van der Waals surface area (Å²) in [6.45, 7) is 14.5. The Morgan fingerprint density at radius 1 is 1.07 bits per heavy atom. The van der Waals surface area contributed by atoms with Gasteiger partial charge < -0.3 is 13.9 Å². The molecule has 0 bridgehead atoms. The molecule has 1 aromatic rings. The predicted octanol–water partition coefficient (Wildman–Crippen LogP) is 6.66. The molecule has 0 spiro atoms. The quantitative estimate of drug-likeness (QED) is 0.142. The molecule has 30 heavy (non-hydrogen) atoms. The highest BCUT2D eigenvalue weighted by Gasteiger charge is 2.39. The first-order valence-electron chi connectivity index (χ1n) is 11.2. The van der Waals surface area contributed by atoms with Gasteiger partial charge in [0.25, 0.3) is 0 Å². The highest BCUT2D eigenvalue weighted by Crippen LogP contribution is 2.37. The Bertz CT molecular complexity index is 620. The van der Waals surface area contributed by atoms with Crippen LogP contribution in [0.1, 0.15) is 65.4 Å². The van der Waals surface area contributed by atoms with Crippen molar-refractivity contribution in [3.63, 3.8) is 0 Å². The average molecular weight is 435 g/mol. The maximum Gasteiger partial charge on any atom is 0.302 e. The molecule has 5 heteroatoms. The van der Waals surface area contributed by atoms with Gasteiger partial charge in [-0.1, -0.05) is 76.1 Å². The van der Waals surface area contributed by atoms with Gasteiger partial charge in [-0.05, 0) is 43.0 Å². The van der Waals surface area contributed by atoms with E-state index in [1.165, 1.54) is 12.5 Å². The van der Waals surface area contributed by atoms with E-state index in [1.807, 2.05) is 24.3 Å². The predicted molar refractivity (Wildman–Crippen MR) is 127 cm³/mol. The number of hydrogen-bond donors (Lipinski definition) is 0. The smallest absolute Gasteiger partial charge is 0.302 e. The van der Waals surface area contributed by atoms with Crippen LogP contribution in [0.15, 0.2) is 42.5 Å². The van der Waals surface area contributed by atoms with E-state index < -0.39 is 8.32 Å². The highest BCUT2D eigenvalue weighted by atomic mass is 28.4. The van der Waals surface area contributed by atoms with Crippen LogP contribution in [0, 0.1) is 0 Å². The molecule has 0 N–H and O–H groups in total. The summed E-state index contributed by atoms with van der Waals surface area (Å²) in [7, 11) is -1.83. The van der Waals surface area contributed by atoms with Gasteiger partial charge in [-0.15, -0.1) is 0 Å². The summed E-state index contributed by atoms with van der Waals surface area (Å²) in [6.07, 6.45) is 9.62. The lowest BCUT2D eigenvalue weighted by atomic mass is 10.1. The molecule has 0 amide bonds. The Morgan fingerprint density at radius 2 is 1.77 bits per heavy atom. The fourth-order valence-electron chi connectivity index (χ4n) is 2.81. The van der Waals surface area contributed by atoms with Gasteiger partial charge in [-0.25, -0.2) is 0 Å². The van der Waals surface area contributed by atoms with Crippen molar-refractivity contribution < 1.29 is 18.7 Å². The average Bonchev–Trinajstić information content (AvgIpc) is 2.66. The summed E-state index contributed by atoms with van der Waals surface area (Å²) in [5.41, 5.74) is 1.20. The van der Waals surface area contributed by atoms with Crippen molar-refractivity contribution in [2.45, 2.75) is 90.6 Å². The molecular weight excluding hydrogens is 392 g/mol. The summed E-state index contributed by atoms with van der Waals surface area (Å²) in [4.78, 5) is 10.7. The molecule has 0 aliphatic heterocycles. The van der Waals surface area contributed by atoms with E-state index in [4.69, 9.17) is 13.9 Å². The van der Waals surface area contributed by atoms with Gasteiger partial charge >= 0.3 is 5.97 Å². The fraction of sp³-hybridized carbons (Fsp3) is 0.640. The number of ether oxygens (including phenoxy) is 2. The third-order valence-electron chi connectivity index (χ3n) is 5.63. The number of rotatable bonds is 14. The van der Waals surface area contributed by atoms with E-state index in [0.717, 1.165) is 32.1 Å². The molecule has 0 saturated heterocycles. The Balaban J connectivity index is 2.41. The van der Waals surface area contributed by atoms with Gasteiger partial charge in [0.15, 0.2) is 8.32 Å². The Morgan fingerprint density at radius 3 is 2.40 bits per heavy atom. The molecule has 0 heterocycles. The summed E-state index contributed by atoms with van der Waals surface area (Å²) in [5, 5.41) is 0.192. The van der Waals surface area contributed by atoms with E-state index in [-0.39, 0.29) is 17.1 Å². The third kappa shape index (κ3) is 11.7. The zero-order valence-corrected chi connectivity index (χ0v) is 20.9. The molecule has 0 fully saturated rings. The highest BCUT2D eigenvalue weighted by molar-refractivity contribution is 6.74. The zero-order chi connectivity index (χ0) is 22.5. The molecule has 4 nitrogen and oxygen atoms in total. The Hall–Kier alpha value is -1.43. The zero-order valence-electron chi connectivity index (χ0n) is 19.9. The minimum atomic E-state index is -1.83. The number of esters is 1.